The average molecular weight is 487 g/mol. The second-order valence-electron chi connectivity index (χ2n) is 9.62. The molecule has 0 N–H and O–H groups in total. The van der Waals surface area contributed by atoms with E-state index in [4.69, 9.17) is 9.40 Å². The molecule has 38 heavy (non-hydrogen) atoms. The van der Waals surface area contributed by atoms with Crippen molar-refractivity contribution in [1.29, 1.82) is 0 Å². The maximum absolute atomic E-state index is 6.29. The van der Waals surface area contributed by atoms with Crippen LogP contribution in [0.25, 0.3) is 71.9 Å². The Labute approximate surface area is 219 Å². The van der Waals surface area contributed by atoms with E-state index < -0.39 is 0 Å². The molecule has 0 saturated carbocycles. The van der Waals surface area contributed by atoms with Crippen LogP contribution in [0, 0.1) is 0 Å². The highest BCUT2D eigenvalue weighted by molar-refractivity contribution is 6.09. The van der Waals surface area contributed by atoms with Crippen LogP contribution in [0.4, 0.5) is 0 Å². The number of fused-ring (bicyclic) bond motifs is 5. The Morgan fingerprint density at radius 1 is 0.526 bits per heavy atom. The minimum atomic E-state index is 0.912. The largest absolute Gasteiger partial charge is 0.455 e. The van der Waals surface area contributed by atoms with Gasteiger partial charge in [0.15, 0.2) is 0 Å². The molecule has 3 nitrogen and oxygen atoms in total. The van der Waals surface area contributed by atoms with E-state index in [0.29, 0.717) is 0 Å². The molecule has 3 heteroatoms. The van der Waals surface area contributed by atoms with Crippen LogP contribution in [0.1, 0.15) is 0 Å². The van der Waals surface area contributed by atoms with Gasteiger partial charge in [-0.1, -0.05) is 109 Å². The molecule has 178 valence electrons. The van der Waals surface area contributed by atoms with Crippen molar-refractivity contribution in [3.63, 3.8) is 0 Å². The predicted molar refractivity (Wildman–Crippen MR) is 157 cm³/mol. The van der Waals surface area contributed by atoms with E-state index in [1.165, 1.54) is 10.8 Å². The van der Waals surface area contributed by atoms with Crippen LogP contribution in [-0.4, -0.2) is 9.55 Å². The van der Waals surface area contributed by atoms with Gasteiger partial charge in [-0.25, -0.2) is 4.98 Å². The summed E-state index contributed by atoms with van der Waals surface area (Å²) < 4.78 is 8.58. The third kappa shape index (κ3) is 3.12. The van der Waals surface area contributed by atoms with Crippen molar-refractivity contribution in [3.8, 4) is 28.2 Å². The Balaban J connectivity index is 1.31. The number of hydrogen-bond donors (Lipinski definition) is 0. The number of aromatic nitrogens is 2. The Morgan fingerprint density at radius 2 is 1.21 bits per heavy atom. The van der Waals surface area contributed by atoms with Crippen LogP contribution in [0.5, 0.6) is 0 Å². The lowest BCUT2D eigenvalue weighted by Crippen LogP contribution is -1.98. The summed E-state index contributed by atoms with van der Waals surface area (Å²) in [5, 5.41) is 4.69. The molecule has 0 amide bonds. The van der Waals surface area contributed by atoms with E-state index in [0.717, 1.165) is 61.2 Å². The second-order valence-corrected chi connectivity index (χ2v) is 9.62. The summed E-state index contributed by atoms with van der Waals surface area (Å²) in [5.41, 5.74) is 8.30. The molecule has 0 bridgehead atoms. The van der Waals surface area contributed by atoms with Crippen molar-refractivity contribution in [2.24, 2.45) is 0 Å². The maximum Gasteiger partial charge on any atom is 0.145 e. The van der Waals surface area contributed by atoms with Crippen molar-refractivity contribution >= 4 is 43.7 Å². The van der Waals surface area contributed by atoms with Crippen LogP contribution in [0.2, 0.25) is 0 Å². The molecule has 0 aliphatic rings. The summed E-state index contributed by atoms with van der Waals surface area (Å²) in [7, 11) is 0. The summed E-state index contributed by atoms with van der Waals surface area (Å²) in [4.78, 5) is 5.09. The standard InChI is InChI=1S/C35H22N2O/c1-2-11-26-23(9-1)10-7-17-31(26)37-32-16-5-4-15-30(32)36-35(37)25-21-19-24(20-22-25)27-13-8-14-29-28-12-3-6-18-33(28)38-34(27)29/h1-22H. The monoisotopic (exact) mass is 486 g/mol. The van der Waals surface area contributed by atoms with E-state index in [-0.39, 0.29) is 0 Å². The molecule has 0 radical (unpaired) electrons. The second kappa shape index (κ2) is 8.19. The molecule has 2 heterocycles. The molecule has 6 aromatic carbocycles. The lowest BCUT2D eigenvalue weighted by atomic mass is 10.0. The van der Waals surface area contributed by atoms with Gasteiger partial charge in [-0.3, -0.25) is 4.57 Å². The summed E-state index contributed by atoms with van der Waals surface area (Å²) >= 11 is 0. The molecule has 8 aromatic rings. The first-order valence-corrected chi connectivity index (χ1v) is 12.8. The average Bonchev–Trinajstić information content (AvgIpc) is 3.56. The molecule has 0 unspecified atom stereocenters. The molecule has 0 aliphatic heterocycles. The summed E-state index contributed by atoms with van der Waals surface area (Å²) in [6.45, 7) is 0. The van der Waals surface area contributed by atoms with Gasteiger partial charge in [0.05, 0.1) is 16.7 Å². The van der Waals surface area contributed by atoms with Crippen LogP contribution in [-0.2, 0) is 0 Å². The van der Waals surface area contributed by atoms with Crippen LogP contribution in [0.3, 0.4) is 0 Å². The lowest BCUT2D eigenvalue weighted by molar-refractivity contribution is 0.670. The zero-order valence-electron chi connectivity index (χ0n) is 20.5. The van der Waals surface area contributed by atoms with E-state index >= 15 is 0 Å². The number of benzene rings is 6. The van der Waals surface area contributed by atoms with Gasteiger partial charge in [-0.15, -0.1) is 0 Å². The van der Waals surface area contributed by atoms with Crippen LogP contribution < -0.4 is 0 Å². The fraction of sp³-hybridized carbons (Fsp3) is 0. The Morgan fingerprint density at radius 3 is 2.13 bits per heavy atom. The van der Waals surface area contributed by atoms with Gasteiger partial charge in [-0.2, -0.15) is 0 Å². The first-order valence-electron chi connectivity index (χ1n) is 12.8. The summed E-state index contributed by atoms with van der Waals surface area (Å²) in [6, 6.07) is 46.6. The first-order chi connectivity index (χ1) is 18.8. The number of nitrogens with zero attached hydrogens (tertiary/aromatic N) is 2. The fourth-order valence-electron chi connectivity index (χ4n) is 5.64. The molecule has 0 fully saturated rings. The Bertz CT molecular complexity index is 2120. The molecular weight excluding hydrogens is 464 g/mol. The van der Waals surface area contributed by atoms with Gasteiger partial charge < -0.3 is 4.42 Å². The van der Waals surface area contributed by atoms with Gasteiger partial charge in [0, 0.05) is 27.3 Å². The Hall–Kier alpha value is -5.15. The minimum Gasteiger partial charge on any atom is -0.455 e. The number of rotatable bonds is 3. The number of hydrogen-bond acceptors (Lipinski definition) is 2. The van der Waals surface area contributed by atoms with E-state index in [1.54, 1.807) is 0 Å². The minimum absolute atomic E-state index is 0.912. The van der Waals surface area contributed by atoms with Crippen molar-refractivity contribution in [2.75, 3.05) is 0 Å². The molecule has 0 atom stereocenters. The third-order valence-corrected chi connectivity index (χ3v) is 7.43. The van der Waals surface area contributed by atoms with Crippen molar-refractivity contribution < 1.29 is 4.42 Å². The van der Waals surface area contributed by atoms with E-state index in [9.17, 15) is 0 Å². The highest BCUT2D eigenvalue weighted by Gasteiger charge is 2.17. The quantitative estimate of drug-likeness (QED) is 0.249. The van der Waals surface area contributed by atoms with Gasteiger partial charge >= 0.3 is 0 Å². The van der Waals surface area contributed by atoms with E-state index in [2.05, 4.69) is 120 Å². The SMILES string of the molecule is c1ccc2c(-n3c(-c4ccc(-c5cccc6c5oc5ccccc56)cc4)nc4ccccc43)cccc2c1. The fourth-order valence-corrected chi connectivity index (χ4v) is 5.64. The van der Waals surface area contributed by atoms with Gasteiger partial charge in [0.2, 0.25) is 0 Å². The summed E-state index contributed by atoms with van der Waals surface area (Å²) in [5.74, 6) is 0.927. The normalized spacial score (nSPS) is 11.7. The number of para-hydroxylation sites is 4. The zero-order valence-corrected chi connectivity index (χ0v) is 20.5. The van der Waals surface area contributed by atoms with Crippen molar-refractivity contribution in [3.05, 3.63) is 133 Å². The molecular formula is C35H22N2O. The molecule has 0 saturated heterocycles. The molecule has 8 rings (SSSR count). The van der Waals surface area contributed by atoms with Gasteiger partial charge in [0.25, 0.3) is 0 Å². The third-order valence-electron chi connectivity index (χ3n) is 7.43. The predicted octanol–water partition coefficient (Wildman–Crippen LogP) is 9.41. The first kappa shape index (κ1) is 21.0. The smallest absolute Gasteiger partial charge is 0.145 e. The number of furan rings is 1. The van der Waals surface area contributed by atoms with Crippen LogP contribution >= 0.6 is 0 Å². The zero-order chi connectivity index (χ0) is 25.1. The van der Waals surface area contributed by atoms with Gasteiger partial charge in [-0.05, 0) is 35.2 Å². The molecule has 2 aromatic heterocycles. The highest BCUT2D eigenvalue weighted by Crippen LogP contribution is 2.37. The molecule has 0 aliphatic carbocycles. The number of imidazole rings is 1. The van der Waals surface area contributed by atoms with Crippen molar-refractivity contribution in [1.82, 2.24) is 9.55 Å². The summed E-state index contributed by atoms with van der Waals surface area (Å²) in [6.07, 6.45) is 0. The van der Waals surface area contributed by atoms with Crippen molar-refractivity contribution in [2.45, 2.75) is 0 Å². The maximum atomic E-state index is 6.29. The van der Waals surface area contributed by atoms with Gasteiger partial charge in [0.1, 0.15) is 17.0 Å². The lowest BCUT2D eigenvalue weighted by Gasteiger charge is -2.13. The highest BCUT2D eigenvalue weighted by atomic mass is 16.3. The van der Waals surface area contributed by atoms with E-state index in [1.807, 2.05) is 18.2 Å². The van der Waals surface area contributed by atoms with Crippen LogP contribution in [0.15, 0.2) is 138 Å². The molecule has 0 spiro atoms. The topological polar surface area (TPSA) is 31.0 Å². The Kier molecular flexibility index (Phi) is 4.52.